The van der Waals surface area contributed by atoms with Crippen molar-refractivity contribution in [2.24, 2.45) is 11.3 Å². The number of hydrogen-bond acceptors (Lipinski definition) is 4. The van der Waals surface area contributed by atoms with Gasteiger partial charge in [-0.1, -0.05) is 150 Å². The lowest BCUT2D eigenvalue weighted by Crippen LogP contribution is -2.65. The van der Waals surface area contributed by atoms with Crippen molar-refractivity contribution < 1.29 is 34.4 Å². The van der Waals surface area contributed by atoms with E-state index in [2.05, 4.69) is 6.92 Å². The Kier molecular flexibility index (Phi) is 22.9. The molecule has 0 amide bonds. The average molecular weight is 585 g/mol. The number of rotatable bonds is 30. The van der Waals surface area contributed by atoms with E-state index in [-0.39, 0.29) is 25.9 Å². The smallest absolute Gasteiger partial charge is 0.338 e. The fraction of sp³-hybridized carbons (Fsp3) is 0.912. The maximum atomic E-state index is 13.1. The molecule has 0 fully saturated rings. The van der Waals surface area contributed by atoms with E-state index in [1.807, 2.05) is 20.8 Å². The minimum Gasteiger partial charge on any atom is -0.481 e. The van der Waals surface area contributed by atoms with E-state index in [4.69, 9.17) is 4.74 Å². The van der Waals surface area contributed by atoms with Crippen molar-refractivity contribution in [2.75, 3.05) is 6.61 Å². The second-order valence-electron chi connectivity index (χ2n) is 12.1. The van der Waals surface area contributed by atoms with Crippen molar-refractivity contribution >= 4 is 17.9 Å². The summed E-state index contributed by atoms with van der Waals surface area (Å²) in [5.41, 5.74) is -4.13. The van der Waals surface area contributed by atoms with Gasteiger partial charge in [0, 0.05) is 6.61 Å². The highest BCUT2D eigenvalue weighted by Gasteiger charge is 2.67. The van der Waals surface area contributed by atoms with Gasteiger partial charge in [-0.15, -0.1) is 0 Å². The van der Waals surface area contributed by atoms with Crippen LogP contribution in [-0.2, 0) is 19.1 Å². The topological polar surface area (TPSA) is 121 Å². The van der Waals surface area contributed by atoms with E-state index in [0.717, 1.165) is 32.1 Å². The minimum atomic E-state index is -2.32. The van der Waals surface area contributed by atoms with E-state index in [9.17, 15) is 29.7 Å². The Hall–Kier alpha value is -1.63. The molecule has 0 rings (SSSR count). The van der Waals surface area contributed by atoms with Crippen LogP contribution in [0.15, 0.2) is 0 Å². The molecule has 0 aliphatic carbocycles. The summed E-state index contributed by atoms with van der Waals surface area (Å²) in [4.78, 5) is 38.9. The van der Waals surface area contributed by atoms with Crippen LogP contribution in [0.5, 0.6) is 0 Å². The van der Waals surface area contributed by atoms with Crippen LogP contribution in [0.1, 0.15) is 175 Å². The third-order valence-corrected chi connectivity index (χ3v) is 8.82. The Morgan fingerprint density at radius 1 is 0.537 bits per heavy atom. The van der Waals surface area contributed by atoms with Gasteiger partial charge in [0.1, 0.15) is 5.41 Å². The summed E-state index contributed by atoms with van der Waals surface area (Å²) < 4.78 is 6.08. The first-order chi connectivity index (χ1) is 19.7. The van der Waals surface area contributed by atoms with Crippen LogP contribution in [0.2, 0.25) is 0 Å². The molecule has 0 aromatic heterocycles. The van der Waals surface area contributed by atoms with Gasteiger partial charge in [-0.25, -0.2) is 4.79 Å². The first-order valence-electron chi connectivity index (χ1n) is 17.0. The Balaban J connectivity index is 5.42. The first-order valence-corrected chi connectivity index (χ1v) is 17.0. The van der Waals surface area contributed by atoms with E-state index < -0.39 is 34.8 Å². The van der Waals surface area contributed by atoms with Gasteiger partial charge in [-0.3, -0.25) is 9.59 Å². The molecule has 3 N–H and O–H groups in total. The Morgan fingerprint density at radius 2 is 0.927 bits per heavy atom. The molecule has 0 saturated heterocycles. The standard InChI is InChI=1S/C34H64O7/c1-5-9-13-14-15-16-17-18-19-20-21-22-23-24-25-29(30(35)36)34(32(39)40,41-28-12-8-4)33(31(37)38,26-10-6-2)27-11-7-3/h29H,5-28H2,1-4H3,(H,35,36)(H,37,38)(H,39,40). The molecule has 0 bridgehead atoms. The predicted octanol–water partition coefficient (Wildman–Crippen LogP) is 9.65. The molecule has 0 radical (unpaired) electrons. The zero-order valence-corrected chi connectivity index (χ0v) is 27.0. The van der Waals surface area contributed by atoms with Gasteiger partial charge in [0.25, 0.3) is 0 Å². The number of unbranched alkanes of at least 4 members (excludes halogenated alkanes) is 16. The van der Waals surface area contributed by atoms with Crippen molar-refractivity contribution in [3.05, 3.63) is 0 Å². The molecule has 2 unspecified atom stereocenters. The molecule has 0 aliphatic rings. The molecule has 7 heteroatoms. The third kappa shape index (κ3) is 13.5. The van der Waals surface area contributed by atoms with Gasteiger partial charge >= 0.3 is 17.9 Å². The Bertz CT molecular complexity index is 685. The van der Waals surface area contributed by atoms with Crippen LogP contribution in [0, 0.1) is 11.3 Å². The monoisotopic (exact) mass is 584 g/mol. The molecular weight excluding hydrogens is 520 g/mol. The molecule has 0 aliphatic heterocycles. The van der Waals surface area contributed by atoms with Gasteiger partial charge in [0.05, 0.1) is 5.92 Å². The summed E-state index contributed by atoms with van der Waals surface area (Å²) >= 11 is 0. The lowest BCUT2D eigenvalue weighted by molar-refractivity contribution is -0.221. The van der Waals surface area contributed by atoms with Gasteiger partial charge in [0.15, 0.2) is 5.60 Å². The highest BCUT2D eigenvalue weighted by molar-refractivity contribution is 5.93. The zero-order chi connectivity index (χ0) is 31.0. The average Bonchev–Trinajstić information content (AvgIpc) is 2.94. The minimum absolute atomic E-state index is 0.0264. The molecule has 0 spiro atoms. The van der Waals surface area contributed by atoms with Crippen LogP contribution < -0.4 is 0 Å². The molecular formula is C34H64O7. The second-order valence-corrected chi connectivity index (χ2v) is 12.1. The van der Waals surface area contributed by atoms with Crippen molar-refractivity contribution in [1.29, 1.82) is 0 Å². The Morgan fingerprint density at radius 3 is 1.27 bits per heavy atom. The molecule has 0 aromatic rings. The third-order valence-electron chi connectivity index (χ3n) is 8.82. The fourth-order valence-electron chi connectivity index (χ4n) is 6.24. The maximum absolute atomic E-state index is 13.1. The van der Waals surface area contributed by atoms with Crippen molar-refractivity contribution in [3.8, 4) is 0 Å². The molecule has 242 valence electrons. The number of hydrogen-bond donors (Lipinski definition) is 3. The van der Waals surface area contributed by atoms with E-state index in [1.54, 1.807) is 0 Å². The molecule has 0 saturated carbocycles. The lowest BCUT2D eigenvalue weighted by Gasteiger charge is -2.48. The summed E-state index contributed by atoms with van der Waals surface area (Å²) in [5.74, 6) is -5.43. The SMILES string of the molecule is CCCCCCCCCCCCCCCCC(C(=O)O)C(OCCCC)(C(=O)O)C(CCCC)(CCCC)C(=O)O. The van der Waals surface area contributed by atoms with E-state index >= 15 is 0 Å². The van der Waals surface area contributed by atoms with Crippen LogP contribution in [0.25, 0.3) is 0 Å². The number of carboxylic acids is 3. The van der Waals surface area contributed by atoms with Gasteiger partial charge in [-0.2, -0.15) is 0 Å². The summed E-state index contributed by atoms with van der Waals surface area (Å²) in [6.07, 6.45) is 20.2. The van der Waals surface area contributed by atoms with Crippen LogP contribution >= 0.6 is 0 Å². The molecule has 7 nitrogen and oxygen atoms in total. The highest BCUT2D eigenvalue weighted by Crippen LogP contribution is 2.50. The molecule has 0 heterocycles. The highest BCUT2D eigenvalue weighted by atomic mass is 16.5. The van der Waals surface area contributed by atoms with Crippen LogP contribution in [0.3, 0.4) is 0 Å². The molecule has 41 heavy (non-hydrogen) atoms. The summed E-state index contributed by atoms with van der Waals surface area (Å²) in [7, 11) is 0. The molecule has 0 aromatic carbocycles. The van der Waals surface area contributed by atoms with Gasteiger partial charge in [-0.05, 0) is 25.7 Å². The first kappa shape index (κ1) is 39.4. The van der Waals surface area contributed by atoms with Crippen molar-refractivity contribution in [1.82, 2.24) is 0 Å². The summed E-state index contributed by atoms with van der Waals surface area (Å²) in [6.45, 7) is 8.06. The number of carbonyl (C=O) groups is 3. The Labute approximate surface area is 251 Å². The lowest BCUT2D eigenvalue weighted by atomic mass is 9.59. The largest absolute Gasteiger partial charge is 0.481 e. The summed E-state index contributed by atoms with van der Waals surface area (Å²) in [6, 6.07) is 0. The maximum Gasteiger partial charge on any atom is 0.338 e. The number of carboxylic acid groups (broad SMARTS) is 3. The van der Waals surface area contributed by atoms with Crippen molar-refractivity contribution in [3.63, 3.8) is 0 Å². The van der Waals surface area contributed by atoms with Gasteiger partial charge < -0.3 is 20.1 Å². The fourth-order valence-corrected chi connectivity index (χ4v) is 6.24. The predicted molar refractivity (Wildman–Crippen MR) is 166 cm³/mol. The van der Waals surface area contributed by atoms with Gasteiger partial charge in [0.2, 0.25) is 0 Å². The molecule has 2 atom stereocenters. The summed E-state index contributed by atoms with van der Waals surface area (Å²) in [5, 5.41) is 31.7. The van der Waals surface area contributed by atoms with Crippen LogP contribution in [-0.4, -0.2) is 45.4 Å². The quantitative estimate of drug-likeness (QED) is 0.0718. The van der Waals surface area contributed by atoms with E-state index in [0.29, 0.717) is 38.5 Å². The van der Waals surface area contributed by atoms with Crippen molar-refractivity contribution in [2.45, 2.75) is 181 Å². The number of aliphatic carboxylic acids is 3. The normalized spacial score (nSPS) is 14.0. The second kappa shape index (κ2) is 23.9. The zero-order valence-electron chi connectivity index (χ0n) is 27.0. The van der Waals surface area contributed by atoms with Crippen LogP contribution in [0.4, 0.5) is 0 Å². The van der Waals surface area contributed by atoms with E-state index in [1.165, 1.54) is 57.8 Å². The number of ether oxygens (including phenoxy) is 1.